The van der Waals surface area contributed by atoms with Gasteiger partial charge in [-0.1, -0.05) is 11.6 Å². The summed E-state index contributed by atoms with van der Waals surface area (Å²) in [5.74, 6) is -0.556. The molecule has 0 bridgehead atoms. The van der Waals surface area contributed by atoms with Crippen molar-refractivity contribution in [1.29, 1.82) is 10.5 Å². The molecule has 0 saturated heterocycles. The molecular formula is C10H8ClN3O2S. The fraction of sp³-hybridized carbons (Fsp3) is 0.300. The van der Waals surface area contributed by atoms with Crippen LogP contribution in [0.1, 0.15) is 6.92 Å². The topological polar surface area (TPSA) is 77.1 Å². The second-order valence-electron chi connectivity index (χ2n) is 2.90. The molecule has 7 heteroatoms. The molecule has 0 aromatic heterocycles. The van der Waals surface area contributed by atoms with Gasteiger partial charge in [-0.15, -0.1) is 0 Å². The SMILES string of the molecule is CCOC(=O)C1=C(Cl)C(=C(C#N)C#N)N(C)S1. The van der Waals surface area contributed by atoms with Crippen LogP contribution < -0.4 is 0 Å². The fourth-order valence-corrected chi connectivity index (χ4v) is 2.50. The van der Waals surface area contributed by atoms with Gasteiger partial charge in [0.25, 0.3) is 0 Å². The Kier molecular flexibility index (Phi) is 4.45. The first kappa shape index (κ1) is 13.4. The van der Waals surface area contributed by atoms with E-state index in [0.29, 0.717) is 0 Å². The maximum Gasteiger partial charge on any atom is 0.348 e. The van der Waals surface area contributed by atoms with Crippen molar-refractivity contribution in [2.24, 2.45) is 0 Å². The molecule has 1 heterocycles. The van der Waals surface area contributed by atoms with E-state index in [1.165, 1.54) is 4.31 Å². The molecule has 0 aromatic rings. The number of halogens is 1. The van der Waals surface area contributed by atoms with Gasteiger partial charge < -0.3 is 9.04 Å². The lowest BCUT2D eigenvalue weighted by atomic mass is 10.2. The first-order chi connectivity index (χ1) is 8.06. The van der Waals surface area contributed by atoms with Gasteiger partial charge in [-0.05, 0) is 18.9 Å². The highest BCUT2D eigenvalue weighted by atomic mass is 35.5. The molecule has 1 aliphatic heterocycles. The zero-order valence-corrected chi connectivity index (χ0v) is 10.7. The fourth-order valence-electron chi connectivity index (χ4n) is 1.19. The summed E-state index contributed by atoms with van der Waals surface area (Å²) in [6.07, 6.45) is 0. The zero-order chi connectivity index (χ0) is 13.0. The lowest BCUT2D eigenvalue weighted by Crippen LogP contribution is -2.06. The van der Waals surface area contributed by atoms with Crippen LogP contribution in [0.3, 0.4) is 0 Å². The van der Waals surface area contributed by atoms with Gasteiger partial charge in [-0.25, -0.2) is 4.79 Å². The Morgan fingerprint density at radius 2 is 2.12 bits per heavy atom. The molecule has 0 fully saturated rings. The number of allylic oxidation sites excluding steroid dienone is 2. The van der Waals surface area contributed by atoms with Crippen molar-refractivity contribution >= 4 is 29.5 Å². The third-order valence-electron chi connectivity index (χ3n) is 1.87. The van der Waals surface area contributed by atoms with Crippen molar-refractivity contribution in [3.8, 4) is 12.1 Å². The van der Waals surface area contributed by atoms with Crippen molar-refractivity contribution < 1.29 is 9.53 Å². The van der Waals surface area contributed by atoms with E-state index < -0.39 is 5.97 Å². The summed E-state index contributed by atoms with van der Waals surface area (Å²) < 4.78 is 6.32. The van der Waals surface area contributed by atoms with E-state index in [9.17, 15) is 4.79 Å². The van der Waals surface area contributed by atoms with Crippen molar-refractivity contribution in [2.75, 3.05) is 13.7 Å². The van der Waals surface area contributed by atoms with Crippen molar-refractivity contribution in [1.82, 2.24) is 4.31 Å². The highest BCUT2D eigenvalue weighted by Crippen LogP contribution is 2.42. The molecule has 0 radical (unpaired) electrons. The average Bonchev–Trinajstić information content (AvgIpc) is 2.59. The van der Waals surface area contributed by atoms with Crippen LogP contribution in [0, 0.1) is 22.7 Å². The summed E-state index contributed by atoms with van der Waals surface area (Å²) in [4.78, 5) is 11.7. The van der Waals surface area contributed by atoms with Crippen molar-refractivity contribution in [3.05, 3.63) is 21.2 Å². The molecule has 88 valence electrons. The number of carbonyl (C=O) groups excluding carboxylic acids is 1. The van der Waals surface area contributed by atoms with Gasteiger partial charge in [0.2, 0.25) is 0 Å². The van der Waals surface area contributed by atoms with E-state index in [-0.39, 0.29) is 27.8 Å². The van der Waals surface area contributed by atoms with Crippen LogP contribution in [0.5, 0.6) is 0 Å². The molecule has 1 rings (SSSR count). The Morgan fingerprint density at radius 1 is 1.53 bits per heavy atom. The van der Waals surface area contributed by atoms with Crippen LogP contribution in [0.15, 0.2) is 21.2 Å². The molecule has 0 amide bonds. The maximum absolute atomic E-state index is 11.5. The third-order valence-corrected chi connectivity index (χ3v) is 3.36. The van der Waals surface area contributed by atoms with Crippen LogP contribution in [-0.4, -0.2) is 23.9 Å². The molecular weight excluding hydrogens is 262 g/mol. The monoisotopic (exact) mass is 269 g/mol. The van der Waals surface area contributed by atoms with E-state index in [4.69, 9.17) is 26.9 Å². The summed E-state index contributed by atoms with van der Waals surface area (Å²) in [5, 5.41) is 17.7. The summed E-state index contributed by atoms with van der Waals surface area (Å²) in [5.41, 5.74) is 0.106. The van der Waals surface area contributed by atoms with E-state index in [2.05, 4.69) is 0 Å². The highest BCUT2D eigenvalue weighted by molar-refractivity contribution is 8.02. The molecule has 0 aliphatic carbocycles. The third kappa shape index (κ3) is 2.55. The largest absolute Gasteiger partial charge is 0.462 e. The van der Waals surface area contributed by atoms with Crippen molar-refractivity contribution in [3.63, 3.8) is 0 Å². The van der Waals surface area contributed by atoms with Gasteiger partial charge in [0, 0.05) is 7.05 Å². The molecule has 0 spiro atoms. The Morgan fingerprint density at radius 3 is 2.59 bits per heavy atom. The maximum atomic E-state index is 11.5. The number of carbonyl (C=O) groups is 1. The second kappa shape index (κ2) is 5.62. The number of nitriles is 2. The summed E-state index contributed by atoms with van der Waals surface area (Å²) in [6, 6.07) is 3.48. The number of likely N-dealkylation sites (N-methyl/N-ethyl adjacent to an activating group) is 1. The van der Waals surface area contributed by atoms with E-state index >= 15 is 0 Å². The average molecular weight is 270 g/mol. The van der Waals surface area contributed by atoms with Gasteiger partial charge in [0.05, 0.1) is 17.3 Å². The quantitative estimate of drug-likeness (QED) is 0.433. The Bertz CT molecular complexity index is 483. The number of nitrogens with zero attached hydrogens (tertiary/aromatic N) is 3. The summed E-state index contributed by atoms with van der Waals surface area (Å²) >= 11 is 7.01. The van der Waals surface area contributed by atoms with E-state index in [1.807, 2.05) is 0 Å². The number of hydrogen-bond donors (Lipinski definition) is 0. The zero-order valence-electron chi connectivity index (χ0n) is 9.15. The van der Waals surface area contributed by atoms with Crippen LogP contribution in [0.2, 0.25) is 0 Å². The normalized spacial score (nSPS) is 14.4. The first-order valence-electron chi connectivity index (χ1n) is 4.60. The summed E-state index contributed by atoms with van der Waals surface area (Å²) in [7, 11) is 1.61. The predicted octanol–water partition coefficient (Wildman–Crippen LogP) is 1.89. The predicted molar refractivity (Wildman–Crippen MR) is 63.1 cm³/mol. The van der Waals surface area contributed by atoms with Gasteiger partial charge in [-0.3, -0.25) is 0 Å². The van der Waals surface area contributed by atoms with E-state index in [1.54, 1.807) is 26.1 Å². The molecule has 0 unspecified atom stereocenters. The standard InChI is InChI=1S/C10H8ClN3O2S/c1-3-16-10(15)9-7(11)8(14(2)17-9)6(4-12)5-13/h3H2,1-2H3. The minimum absolute atomic E-state index is 0.0778. The molecule has 1 aliphatic rings. The number of rotatable bonds is 2. The number of hydrogen-bond acceptors (Lipinski definition) is 6. The van der Waals surface area contributed by atoms with Crippen LogP contribution in [0.25, 0.3) is 0 Å². The van der Waals surface area contributed by atoms with Gasteiger partial charge in [-0.2, -0.15) is 10.5 Å². The highest BCUT2D eigenvalue weighted by Gasteiger charge is 2.32. The molecule has 0 aromatic carbocycles. The molecule has 0 N–H and O–H groups in total. The lowest BCUT2D eigenvalue weighted by molar-refractivity contribution is -0.137. The minimum atomic E-state index is -0.556. The smallest absolute Gasteiger partial charge is 0.348 e. The Balaban J connectivity index is 3.23. The first-order valence-corrected chi connectivity index (χ1v) is 5.75. The minimum Gasteiger partial charge on any atom is -0.462 e. The van der Waals surface area contributed by atoms with Crippen LogP contribution in [0.4, 0.5) is 0 Å². The summed E-state index contributed by atoms with van der Waals surface area (Å²) in [6.45, 7) is 1.92. The Labute approximate surface area is 108 Å². The molecule has 0 atom stereocenters. The van der Waals surface area contributed by atoms with Crippen LogP contribution in [-0.2, 0) is 9.53 Å². The van der Waals surface area contributed by atoms with Crippen molar-refractivity contribution in [2.45, 2.75) is 6.92 Å². The number of esters is 1. The van der Waals surface area contributed by atoms with Crippen LogP contribution >= 0.6 is 23.5 Å². The van der Waals surface area contributed by atoms with Gasteiger partial charge in [0.15, 0.2) is 5.57 Å². The van der Waals surface area contributed by atoms with E-state index in [0.717, 1.165) is 11.9 Å². The van der Waals surface area contributed by atoms with Gasteiger partial charge in [0.1, 0.15) is 17.0 Å². The van der Waals surface area contributed by atoms with Gasteiger partial charge >= 0.3 is 5.97 Å². The molecule has 5 nitrogen and oxygen atoms in total. The second-order valence-corrected chi connectivity index (χ2v) is 4.42. The molecule has 0 saturated carbocycles. The Hall–Kier alpha value is -1.63. The molecule has 17 heavy (non-hydrogen) atoms. The lowest BCUT2D eigenvalue weighted by Gasteiger charge is -2.11. The number of ether oxygens (including phenoxy) is 1.